The highest BCUT2D eigenvalue weighted by Crippen LogP contribution is 2.40. The number of nitrogens with one attached hydrogen (secondary N) is 1. The standard InChI is InChI=1S/C24H19ClF4N2O5S/c25-19-5-2-6-20(26)18(19)12-30-15-7-8-22-21(10-15)31(13-16(36-22)11-23(32)33)37(34,35)17-4-1-3-14(9-17)24(27,28)29/h1-10,16,30H,11-13H2,(H,32,33)/t16-/m1/s1. The van der Waals surface area contributed by atoms with Crippen LogP contribution in [0.5, 0.6) is 5.75 Å². The molecule has 0 amide bonds. The first-order valence-corrected chi connectivity index (χ1v) is 12.6. The number of carboxylic acids is 1. The number of fused-ring (bicyclic) bond motifs is 1. The molecule has 7 nitrogen and oxygen atoms in total. The van der Waals surface area contributed by atoms with Crippen LogP contribution in [-0.2, 0) is 27.5 Å². The van der Waals surface area contributed by atoms with Gasteiger partial charge in [0.1, 0.15) is 17.7 Å². The molecule has 0 aromatic heterocycles. The van der Waals surface area contributed by atoms with Crippen LogP contribution in [0.15, 0.2) is 65.6 Å². The van der Waals surface area contributed by atoms with E-state index < -0.39 is 57.5 Å². The second-order valence-electron chi connectivity index (χ2n) is 8.14. The molecule has 13 heteroatoms. The molecule has 3 aromatic carbocycles. The Hall–Kier alpha value is -3.51. The molecule has 1 atom stereocenters. The molecular formula is C24H19ClF4N2O5S. The molecule has 196 valence electrons. The van der Waals surface area contributed by atoms with Crippen molar-refractivity contribution >= 4 is 39.0 Å². The highest BCUT2D eigenvalue weighted by atomic mass is 35.5. The van der Waals surface area contributed by atoms with Gasteiger partial charge in [-0.25, -0.2) is 12.8 Å². The van der Waals surface area contributed by atoms with Gasteiger partial charge in [-0.2, -0.15) is 13.2 Å². The summed E-state index contributed by atoms with van der Waals surface area (Å²) >= 11 is 6.05. The predicted molar refractivity (Wildman–Crippen MR) is 128 cm³/mol. The molecule has 0 aliphatic carbocycles. The lowest BCUT2D eigenvalue weighted by molar-refractivity contribution is -0.139. The minimum absolute atomic E-state index is 0.0162. The molecule has 2 N–H and O–H groups in total. The molecule has 1 aliphatic heterocycles. The zero-order chi connectivity index (χ0) is 27.0. The number of sulfonamides is 1. The number of carbonyl (C=O) groups is 1. The molecule has 1 aliphatic rings. The molecule has 0 spiro atoms. The Balaban J connectivity index is 1.72. The number of anilines is 2. The minimum Gasteiger partial charge on any atom is -0.486 e. The third-order valence-electron chi connectivity index (χ3n) is 5.57. The van der Waals surface area contributed by atoms with Crippen molar-refractivity contribution in [1.82, 2.24) is 0 Å². The predicted octanol–water partition coefficient (Wildman–Crippen LogP) is 5.54. The maximum atomic E-state index is 14.1. The fraction of sp³-hybridized carbons (Fsp3) is 0.208. The Labute approximate surface area is 214 Å². The smallest absolute Gasteiger partial charge is 0.416 e. The minimum atomic E-state index is -4.77. The van der Waals surface area contributed by atoms with Crippen LogP contribution in [0.25, 0.3) is 0 Å². The number of benzene rings is 3. The molecule has 0 unspecified atom stereocenters. The number of aliphatic carboxylic acids is 1. The van der Waals surface area contributed by atoms with Crippen molar-refractivity contribution in [2.24, 2.45) is 0 Å². The monoisotopic (exact) mass is 558 g/mol. The van der Waals surface area contributed by atoms with Crippen molar-refractivity contribution in [3.05, 3.63) is 82.6 Å². The van der Waals surface area contributed by atoms with Crippen molar-refractivity contribution in [3.63, 3.8) is 0 Å². The largest absolute Gasteiger partial charge is 0.486 e. The molecule has 0 radical (unpaired) electrons. The summed E-state index contributed by atoms with van der Waals surface area (Å²) in [5, 5.41) is 12.3. The zero-order valence-corrected chi connectivity index (χ0v) is 20.4. The van der Waals surface area contributed by atoms with E-state index in [1.165, 1.54) is 36.4 Å². The quantitative estimate of drug-likeness (QED) is 0.370. The van der Waals surface area contributed by atoms with Crippen molar-refractivity contribution < 1.29 is 40.6 Å². The summed E-state index contributed by atoms with van der Waals surface area (Å²) in [7, 11) is -4.57. The normalized spacial score (nSPS) is 15.6. The molecule has 4 rings (SSSR count). The SMILES string of the molecule is O=C(O)C[C@@H]1CN(S(=O)(=O)c2cccc(C(F)(F)F)c2)c2cc(NCc3c(F)cccc3Cl)ccc2O1. The van der Waals surface area contributed by atoms with Crippen LogP contribution in [0.2, 0.25) is 5.02 Å². The highest BCUT2D eigenvalue weighted by molar-refractivity contribution is 7.92. The summed E-state index contributed by atoms with van der Waals surface area (Å²) in [5.74, 6) is -1.78. The van der Waals surface area contributed by atoms with E-state index in [0.29, 0.717) is 11.8 Å². The molecule has 0 bridgehead atoms. The van der Waals surface area contributed by atoms with Gasteiger partial charge in [0.15, 0.2) is 0 Å². The second-order valence-corrected chi connectivity index (χ2v) is 10.4. The maximum absolute atomic E-state index is 14.1. The molecule has 1 heterocycles. The van der Waals surface area contributed by atoms with Crippen molar-refractivity contribution in [3.8, 4) is 5.75 Å². The van der Waals surface area contributed by atoms with Crippen LogP contribution in [-0.4, -0.2) is 32.1 Å². The molecular weight excluding hydrogens is 540 g/mol. The van der Waals surface area contributed by atoms with E-state index in [9.17, 15) is 35.9 Å². The average Bonchev–Trinajstić information content (AvgIpc) is 2.82. The Bertz CT molecular complexity index is 1430. The number of rotatable bonds is 7. The number of nitrogens with zero attached hydrogens (tertiary/aromatic N) is 1. The summed E-state index contributed by atoms with van der Waals surface area (Å²) in [4.78, 5) is 10.6. The van der Waals surface area contributed by atoms with E-state index >= 15 is 0 Å². The Morgan fingerprint density at radius 1 is 1.14 bits per heavy atom. The summed E-state index contributed by atoms with van der Waals surface area (Å²) in [6.07, 6.45) is -6.41. The van der Waals surface area contributed by atoms with Crippen LogP contribution in [0, 0.1) is 5.82 Å². The molecule has 0 saturated heterocycles. The van der Waals surface area contributed by atoms with Crippen molar-refractivity contribution in [2.75, 3.05) is 16.2 Å². The molecule has 0 fully saturated rings. The van der Waals surface area contributed by atoms with Gasteiger partial charge in [0, 0.05) is 22.8 Å². The molecule has 37 heavy (non-hydrogen) atoms. The number of ether oxygens (including phenoxy) is 1. The molecule has 3 aromatic rings. The fourth-order valence-electron chi connectivity index (χ4n) is 3.80. The van der Waals surface area contributed by atoms with Gasteiger partial charge in [0.2, 0.25) is 0 Å². The van der Waals surface area contributed by atoms with Gasteiger partial charge in [0.05, 0.1) is 29.1 Å². The maximum Gasteiger partial charge on any atom is 0.416 e. The van der Waals surface area contributed by atoms with Gasteiger partial charge < -0.3 is 15.2 Å². The first-order chi connectivity index (χ1) is 17.4. The van der Waals surface area contributed by atoms with Crippen molar-refractivity contribution in [1.29, 1.82) is 0 Å². The lowest BCUT2D eigenvalue weighted by Gasteiger charge is -2.35. The van der Waals surface area contributed by atoms with E-state index in [2.05, 4.69) is 5.32 Å². The van der Waals surface area contributed by atoms with Crippen LogP contribution in [0.3, 0.4) is 0 Å². The van der Waals surface area contributed by atoms with E-state index in [4.69, 9.17) is 16.3 Å². The van der Waals surface area contributed by atoms with E-state index in [-0.39, 0.29) is 28.6 Å². The number of halogens is 5. The number of carboxylic acid groups (broad SMARTS) is 1. The first kappa shape index (κ1) is 26.6. The molecule has 0 saturated carbocycles. The third kappa shape index (κ3) is 5.75. The Morgan fingerprint density at radius 2 is 1.86 bits per heavy atom. The van der Waals surface area contributed by atoms with Crippen LogP contribution >= 0.6 is 11.6 Å². The van der Waals surface area contributed by atoms with Gasteiger partial charge in [-0.3, -0.25) is 9.10 Å². The summed E-state index contributed by atoms with van der Waals surface area (Å²) in [6.45, 7) is -0.506. The zero-order valence-electron chi connectivity index (χ0n) is 18.8. The van der Waals surface area contributed by atoms with Crippen LogP contribution < -0.4 is 14.4 Å². The Morgan fingerprint density at radius 3 is 2.54 bits per heavy atom. The number of alkyl halides is 3. The van der Waals surface area contributed by atoms with E-state index in [1.807, 2.05) is 0 Å². The summed E-state index contributed by atoms with van der Waals surface area (Å²) in [5.41, 5.74) is -0.666. The van der Waals surface area contributed by atoms with Crippen molar-refractivity contribution in [2.45, 2.75) is 30.1 Å². The van der Waals surface area contributed by atoms with Gasteiger partial charge in [-0.15, -0.1) is 0 Å². The van der Waals surface area contributed by atoms with Crippen LogP contribution in [0.4, 0.5) is 28.9 Å². The second kappa shape index (κ2) is 10.1. The van der Waals surface area contributed by atoms with E-state index in [1.54, 1.807) is 0 Å². The highest BCUT2D eigenvalue weighted by Gasteiger charge is 2.37. The summed E-state index contributed by atoms with van der Waals surface area (Å²) in [6, 6.07) is 11.7. The van der Waals surface area contributed by atoms with Gasteiger partial charge in [0.25, 0.3) is 10.0 Å². The van der Waals surface area contributed by atoms with Gasteiger partial charge >= 0.3 is 12.1 Å². The fourth-order valence-corrected chi connectivity index (χ4v) is 5.58. The number of hydrogen-bond donors (Lipinski definition) is 2. The third-order valence-corrected chi connectivity index (χ3v) is 7.70. The Kier molecular flexibility index (Phi) is 7.24. The lowest BCUT2D eigenvalue weighted by Crippen LogP contribution is -2.44. The summed E-state index contributed by atoms with van der Waals surface area (Å²) < 4.78 is 87.3. The average molecular weight is 559 g/mol. The first-order valence-electron chi connectivity index (χ1n) is 10.8. The van der Waals surface area contributed by atoms with Gasteiger partial charge in [-0.05, 0) is 48.5 Å². The van der Waals surface area contributed by atoms with Crippen LogP contribution in [0.1, 0.15) is 17.5 Å². The van der Waals surface area contributed by atoms with E-state index in [0.717, 1.165) is 22.5 Å². The lowest BCUT2D eigenvalue weighted by atomic mass is 10.1. The number of hydrogen-bond acceptors (Lipinski definition) is 5. The van der Waals surface area contributed by atoms with Gasteiger partial charge in [-0.1, -0.05) is 23.7 Å². The topological polar surface area (TPSA) is 95.9 Å².